The summed E-state index contributed by atoms with van der Waals surface area (Å²) < 4.78 is 1.78. The van der Waals surface area contributed by atoms with E-state index in [-0.39, 0.29) is 17.9 Å². The molecule has 27 heavy (non-hydrogen) atoms. The van der Waals surface area contributed by atoms with Crippen LogP contribution in [0.1, 0.15) is 48.3 Å². The smallest absolute Gasteiger partial charge is 0.257 e. The molecule has 1 unspecified atom stereocenters. The molecule has 2 heterocycles. The van der Waals surface area contributed by atoms with Gasteiger partial charge in [0.2, 0.25) is 5.91 Å². The fraction of sp³-hybridized carbons (Fsp3) is 0.476. The molecular weight excluding hydrogens is 340 g/mol. The fourth-order valence-corrected chi connectivity index (χ4v) is 3.61. The summed E-state index contributed by atoms with van der Waals surface area (Å²) in [5, 5.41) is 4.39. The van der Waals surface area contributed by atoms with E-state index in [0.29, 0.717) is 31.6 Å². The molecule has 6 heteroatoms. The maximum absolute atomic E-state index is 13.1. The van der Waals surface area contributed by atoms with Crippen LogP contribution >= 0.6 is 0 Å². The summed E-state index contributed by atoms with van der Waals surface area (Å²) in [7, 11) is 0. The molecule has 0 aliphatic carbocycles. The SMILES string of the molecule is CCC1CN(C(=O)c2cn(CC)nc2C)CCC(=O)N1Cc1ccccc1. The van der Waals surface area contributed by atoms with E-state index in [9.17, 15) is 9.59 Å². The lowest BCUT2D eigenvalue weighted by Gasteiger charge is -2.31. The van der Waals surface area contributed by atoms with Crippen molar-refractivity contribution >= 4 is 11.8 Å². The molecule has 1 aliphatic rings. The average molecular weight is 368 g/mol. The van der Waals surface area contributed by atoms with Gasteiger partial charge in [-0.3, -0.25) is 14.3 Å². The van der Waals surface area contributed by atoms with Crippen LogP contribution in [-0.4, -0.2) is 50.5 Å². The summed E-state index contributed by atoms with van der Waals surface area (Å²) in [6, 6.07) is 10.0. The Labute approximate surface area is 160 Å². The highest BCUT2D eigenvalue weighted by molar-refractivity contribution is 5.95. The summed E-state index contributed by atoms with van der Waals surface area (Å²) in [6.45, 7) is 8.27. The second kappa shape index (κ2) is 8.37. The van der Waals surface area contributed by atoms with Gasteiger partial charge in [-0.2, -0.15) is 5.10 Å². The molecule has 3 rings (SSSR count). The molecule has 1 aromatic carbocycles. The summed E-state index contributed by atoms with van der Waals surface area (Å²) in [5.41, 5.74) is 2.49. The number of carbonyl (C=O) groups is 2. The first kappa shape index (κ1) is 19.1. The Kier molecular flexibility index (Phi) is 5.94. The highest BCUT2D eigenvalue weighted by atomic mass is 16.2. The van der Waals surface area contributed by atoms with Crippen molar-refractivity contribution in [3.05, 3.63) is 53.3 Å². The van der Waals surface area contributed by atoms with Crippen molar-refractivity contribution in [1.29, 1.82) is 0 Å². The van der Waals surface area contributed by atoms with Crippen LogP contribution in [0, 0.1) is 6.92 Å². The minimum atomic E-state index is -0.0278. The van der Waals surface area contributed by atoms with Gasteiger partial charge in [-0.05, 0) is 25.8 Å². The molecule has 0 spiro atoms. The number of aryl methyl sites for hydroxylation is 2. The van der Waals surface area contributed by atoms with Crippen LogP contribution in [0.4, 0.5) is 0 Å². The summed E-state index contributed by atoms with van der Waals surface area (Å²) in [5.74, 6) is 0.0852. The van der Waals surface area contributed by atoms with Crippen LogP contribution in [0.25, 0.3) is 0 Å². The molecule has 144 valence electrons. The molecule has 0 radical (unpaired) electrons. The normalized spacial score (nSPS) is 17.9. The minimum absolute atomic E-state index is 0.0192. The van der Waals surface area contributed by atoms with Gasteiger partial charge >= 0.3 is 0 Å². The molecule has 2 aromatic rings. The number of benzene rings is 1. The molecule has 1 aliphatic heterocycles. The Balaban J connectivity index is 1.79. The van der Waals surface area contributed by atoms with E-state index in [1.54, 1.807) is 4.68 Å². The molecule has 2 amide bonds. The van der Waals surface area contributed by atoms with Crippen molar-refractivity contribution < 1.29 is 9.59 Å². The number of amides is 2. The zero-order valence-electron chi connectivity index (χ0n) is 16.4. The third-order valence-electron chi connectivity index (χ3n) is 5.24. The fourth-order valence-electron chi connectivity index (χ4n) is 3.61. The average Bonchev–Trinajstić information content (AvgIpc) is 2.99. The molecule has 1 aromatic heterocycles. The van der Waals surface area contributed by atoms with E-state index in [4.69, 9.17) is 0 Å². The Morgan fingerprint density at radius 1 is 1.22 bits per heavy atom. The first-order valence-corrected chi connectivity index (χ1v) is 9.70. The van der Waals surface area contributed by atoms with Crippen LogP contribution < -0.4 is 0 Å². The number of hydrogen-bond acceptors (Lipinski definition) is 3. The highest BCUT2D eigenvalue weighted by Crippen LogP contribution is 2.20. The van der Waals surface area contributed by atoms with Crippen LogP contribution in [0.2, 0.25) is 0 Å². The Hall–Kier alpha value is -2.63. The van der Waals surface area contributed by atoms with Gasteiger partial charge in [0.1, 0.15) is 0 Å². The van der Waals surface area contributed by atoms with Crippen molar-refractivity contribution in [1.82, 2.24) is 19.6 Å². The highest BCUT2D eigenvalue weighted by Gasteiger charge is 2.32. The molecule has 1 atom stereocenters. The lowest BCUT2D eigenvalue weighted by Crippen LogP contribution is -2.43. The van der Waals surface area contributed by atoms with Crippen molar-refractivity contribution in [2.75, 3.05) is 13.1 Å². The molecule has 1 saturated heterocycles. The Bertz CT molecular complexity index is 800. The second-order valence-electron chi connectivity index (χ2n) is 7.05. The third-order valence-corrected chi connectivity index (χ3v) is 5.24. The van der Waals surface area contributed by atoms with Crippen LogP contribution in [-0.2, 0) is 17.9 Å². The molecule has 1 fully saturated rings. The topological polar surface area (TPSA) is 58.4 Å². The molecule has 0 saturated carbocycles. The van der Waals surface area contributed by atoms with Gasteiger partial charge in [-0.15, -0.1) is 0 Å². The molecular formula is C21H28N4O2. The van der Waals surface area contributed by atoms with Gasteiger partial charge in [0.05, 0.1) is 11.3 Å². The van der Waals surface area contributed by atoms with Gasteiger partial charge in [0.15, 0.2) is 0 Å². The van der Waals surface area contributed by atoms with Crippen molar-refractivity contribution in [2.45, 2.75) is 52.7 Å². The van der Waals surface area contributed by atoms with E-state index in [1.807, 2.05) is 60.2 Å². The number of carbonyl (C=O) groups excluding carboxylic acids is 2. The monoisotopic (exact) mass is 368 g/mol. The van der Waals surface area contributed by atoms with Crippen molar-refractivity contribution in [3.8, 4) is 0 Å². The standard InChI is InChI=1S/C21H28N4O2/c1-4-18-14-23(21(27)19-15-24(5-2)22-16(19)3)12-11-20(26)25(18)13-17-9-7-6-8-10-17/h6-10,15,18H,4-5,11-14H2,1-3H3. The van der Waals surface area contributed by atoms with E-state index in [0.717, 1.165) is 24.2 Å². The van der Waals surface area contributed by atoms with E-state index in [2.05, 4.69) is 12.0 Å². The maximum Gasteiger partial charge on any atom is 0.257 e. The van der Waals surface area contributed by atoms with Gasteiger partial charge < -0.3 is 9.80 Å². The predicted molar refractivity (Wildman–Crippen MR) is 104 cm³/mol. The lowest BCUT2D eigenvalue weighted by molar-refractivity contribution is -0.133. The van der Waals surface area contributed by atoms with Gasteiger partial charge in [0, 0.05) is 44.8 Å². The first-order valence-electron chi connectivity index (χ1n) is 9.70. The number of hydrogen-bond donors (Lipinski definition) is 0. The minimum Gasteiger partial charge on any atom is -0.336 e. The summed E-state index contributed by atoms with van der Waals surface area (Å²) in [6.07, 6.45) is 2.98. The van der Waals surface area contributed by atoms with Crippen molar-refractivity contribution in [3.63, 3.8) is 0 Å². The zero-order chi connectivity index (χ0) is 19.4. The van der Waals surface area contributed by atoms with Crippen LogP contribution in [0.3, 0.4) is 0 Å². The number of rotatable bonds is 5. The number of aromatic nitrogens is 2. The van der Waals surface area contributed by atoms with Gasteiger partial charge in [-0.1, -0.05) is 37.3 Å². The zero-order valence-corrected chi connectivity index (χ0v) is 16.4. The third kappa shape index (κ3) is 4.21. The van der Waals surface area contributed by atoms with E-state index in [1.165, 1.54) is 0 Å². The summed E-state index contributed by atoms with van der Waals surface area (Å²) in [4.78, 5) is 29.6. The molecule has 6 nitrogen and oxygen atoms in total. The van der Waals surface area contributed by atoms with Crippen molar-refractivity contribution in [2.24, 2.45) is 0 Å². The predicted octanol–water partition coefficient (Wildman–Crippen LogP) is 2.86. The van der Waals surface area contributed by atoms with E-state index < -0.39 is 0 Å². The van der Waals surface area contributed by atoms with E-state index >= 15 is 0 Å². The largest absolute Gasteiger partial charge is 0.336 e. The lowest BCUT2D eigenvalue weighted by atomic mass is 10.1. The second-order valence-corrected chi connectivity index (χ2v) is 7.05. The Morgan fingerprint density at radius 2 is 1.96 bits per heavy atom. The van der Waals surface area contributed by atoms with Crippen LogP contribution in [0.15, 0.2) is 36.5 Å². The molecule has 0 N–H and O–H groups in total. The van der Waals surface area contributed by atoms with Gasteiger partial charge in [0.25, 0.3) is 5.91 Å². The quantitative estimate of drug-likeness (QED) is 0.815. The summed E-state index contributed by atoms with van der Waals surface area (Å²) >= 11 is 0. The Morgan fingerprint density at radius 3 is 2.59 bits per heavy atom. The number of nitrogens with zero attached hydrogens (tertiary/aromatic N) is 4. The maximum atomic E-state index is 13.1. The van der Waals surface area contributed by atoms with Gasteiger partial charge in [-0.25, -0.2) is 0 Å². The first-order chi connectivity index (χ1) is 13.0. The molecule has 0 bridgehead atoms. The van der Waals surface area contributed by atoms with Crippen LogP contribution in [0.5, 0.6) is 0 Å².